The van der Waals surface area contributed by atoms with Gasteiger partial charge < -0.3 is 10.0 Å². The number of hydrogen-bond donors (Lipinski definition) is 1. The highest BCUT2D eigenvalue weighted by atomic mass is 35.5. The molecule has 5 nitrogen and oxygen atoms in total. The normalized spacial score (nSPS) is 15.0. The fraction of sp³-hybridized carbons (Fsp3) is 0.389. The van der Waals surface area contributed by atoms with Crippen LogP contribution in [0.2, 0.25) is 5.02 Å². The summed E-state index contributed by atoms with van der Waals surface area (Å²) >= 11 is 7.65. The van der Waals surface area contributed by atoms with Gasteiger partial charge in [-0.2, -0.15) is 0 Å². The third-order valence-corrected chi connectivity index (χ3v) is 5.44. The van der Waals surface area contributed by atoms with Gasteiger partial charge in [0.15, 0.2) is 0 Å². The molecule has 0 aliphatic heterocycles. The van der Waals surface area contributed by atoms with E-state index < -0.39 is 11.9 Å². The number of halogens is 1. The van der Waals surface area contributed by atoms with Gasteiger partial charge in [0.2, 0.25) is 5.91 Å². The minimum Gasteiger partial charge on any atom is -0.481 e. The number of carbonyl (C=O) groups is 2. The Balaban J connectivity index is 1.70. The predicted octanol–water partition coefficient (Wildman–Crippen LogP) is 3.72. The minimum absolute atomic E-state index is 0.0633. The van der Waals surface area contributed by atoms with Crippen LogP contribution in [0.4, 0.5) is 0 Å². The maximum atomic E-state index is 12.6. The Bertz CT molecular complexity index is 788. The van der Waals surface area contributed by atoms with Gasteiger partial charge in [-0.15, -0.1) is 11.3 Å². The monoisotopic (exact) mass is 378 g/mol. The van der Waals surface area contributed by atoms with Gasteiger partial charge in [0.05, 0.1) is 23.1 Å². The highest BCUT2D eigenvalue weighted by Crippen LogP contribution is 2.31. The van der Waals surface area contributed by atoms with Crippen molar-refractivity contribution in [3.05, 3.63) is 40.4 Å². The maximum Gasteiger partial charge on any atom is 0.308 e. The molecule has 1 aliphatic carbocycles. The van der Waals surface area contributed by atoms with Gasteiger partial charge in [-0.1, -0.05) is 36.7 Å². The van der Waals surface area contributed by atoms with Gasteiger partial charge in [0.1, 0.15) is 5.01 Å². The van der Waals surface area contributed by atoms with Crippen LogP contribution in [0.1, 0.15) is 25.5 Å². The summed E-state index contributed by atoms with van der Waals surface area (Å²) in [6, 6.07) is 7.65. The highest BCUT2D eigenvalue weighted by Gasteiger charge is 2.34. The van der Waals surface area contributed by atoms with E-state index in [9.17, 15) is 9.59 Å². The van der Waals surface area contributed by atoms with E-state index in [0.29, 0.717) is 10.7 Å². The summed E-state index contributed by atoms with van der Waals surface area (Å²) in [6.07, 6.45) is 2.07. The maximum absolute atomic E-state index is 12.6. The average Bonchev–Trinajstić information content (AvgIpc) is 3.32. The van der Waals surface area contributed by atoms with Gasteiger partial charge >= 0.3 is 5.97 Å². The van der Waals surface area contributed by atoms with E-state index in [1.165, 1.54) is 11.3 Å². The van der Waals surface area contributed by atoms with Crippen molar-refractivity contribution in [3.8, 4) is 10.6 Å². The number of carbonyl (C=O) groups excluding carboxylic acids is 1. The van der Waals surface area contributed by atoms with Crippen LogP contribution in [0.3, 0.4) is 0 Å². The second kappa shape index (κ2) is 7.54. The van der Waals surface area contributed by atoms with Crippen LogP contribution in [0.25, 0.3) is 10.6 Å². The molecule has 132 valence electrons. The smallest absolute Gasteiger partial charge is 0.308 e. The van der Waals surface area contributed by atoms with E-state index in [1.54, 1.807) is 11.8 Å². The number of aliphatic carboxylic acids is 1. The first-order valence-corrected chi connectivity index (χ1v) is 9.43. The largest absolute Gasteiger partial charge is 0.481 e. The average molecular weight is 379 g/mol. The molecule has 3 rings (SSSR count). The quantitative estimate of drug-likeness (QED) is 0.797. The van der Waals surface area contributed by atoms with Crippen LogP contribution < -0.4 is 0 Å². The fourth-order valence-electron chi connectivity index (χ4n) is 2.62. The van der Waals surface area contributed by atoms with Crippen molar-refractivity contribution in [1.82, 2.24) is 9.88 Å². The number of carboxylic acids is 1. The summed E-state index contributed by atoms with van der Waals surface area (Å²) in [4.78, 5) is 30.0. The lowest BCUT2D eigenvalue weighted by Crippen LogP contribution is -2.39. The molecular formula is C18H19ClN2O3S. The van der Waals surface area contributed by atoms with E-state index in [2.05, 4.69) is 4.98 Å². The zero-order valence-electron chi connectivity index (χ0n) is 13.8. The lowest BCUT2D eigenvalue weighted by Gasteiger charge is -2.24. The number of thiazole rings is 1. The number of rotatable bonds is 7. The third kappa shape index (κ3) is 4.38. The Morgan fingerprint density at radius 2 is 2.12 bits per heavy atom. The number of carboxylic acid groups (broad SMARTS) is 1. The van der Waals surface area contributed by atoms with Crippen molar-refractivity contribution in [1.29, 1.82) is 0 Å². The molecule has 0 spiro atoms. The zero-order chi connectivity index (χ0) is 18.0. The van der Waals surface area contributed by atoms with Crippen LogP contribution in [0, 0.1) is 5.92 Å². The summed E-state index contributed by atoms with van der Waals surface area (Å²) in [5.74, 6) is -1.52. The Morgan fingerprint density at radius 1 is 1.40 bits per heavy atom. The zero-order valence-corrected chi connectivity index (χ0v) is 15.4. The summed E-state index contributed by atoms with van der Waals surface area (Å²) < 4.78 is 0. The van der Waals surface area contributed by atoms with Crippen molar-refractivity contribution >= 4 is 34.8 Å². The van der Waals surface area contributed by atoms with Gasteiger partial charge in [0.25, 0.3) is 0 Å². The molecule has 7 heteroatoms. The molecule has 2 aromatic rings. The number of amides is 1. The van der Waals surface area contributed by atoms with Crippen LogP contribution in [-0.4, -0.2) is 39.5 Å². The molecule has 1 fully saturated rings. The van der Waals surface area contributed by atoms with E-state index in [0.717, 1.165) is 23.4 Å². The second-order valence-corrected chi connectivity index (χ2v) is 7.58. The molecule has 1 saturated carbocycles. The minimum atomic E-state index is -0.881. The Morgan fingerprint density at radius 3 is 2.76 bits per heavy atom. The molecule has 1 atom stereocenters. The SMILES string of the molecule is CC(CN(C(=O)Cc1csc(-c2ccccc2Cl)n1)C1CC1)C(=O)O. The highest BCUT2D eigenvalue weighted by molar-refractivity contribution is 7.13. The van der Waals surface area contributed by atoms with Gasteiger partial charge in [-0.3, -0.25) is 9.59 Å². The predicted molar refractivity (Wildman–Crippen MR) is 97.8 cm³/mol. The summed E-state index contributed by atoms with van der Waals surface area (Å²) in [7, 11) is 0. The summed E-state index contributed by atoms with van der Waals surface area (Å²) in [6.45, 7) is 1.88. The number of hydrogen-bond acceptors (Lipinski definition) is 4. The standard InChI is InChI=1S/C18H19ClN2O3S/c1-11(18(23)24)9-21(13-6-7-13)16(22)8-12-10-25-17(20-12)14-4-2-3-5-15(14)19/h2-5,10-11,13H,6-9H2,1H3,(H,23,24). The van der Waals surface area contributed by atoms with E-state index >= 15 is 0 Å². The molecule has 25 heavy (non-hydrogen) atoms. The van der Waals surface area contributed by atoms with Crippen LogP contribution in [0.5, 0.6) is 0 Å². The lowest BCUT2D eigenvalue weighted by atomic mass is 10.1. The van der Waals surface area contributed by atoms with Gasteiger partial charge in [-0.25, -0.2) is 4.98 Å². The Hall–Kier alpha value is -1.92. The summed E-state index contributed by atoms with van der Waals surface area (Å²) in [5.41, 5.74) is 1.55. The molecule has 0 saturated heterocycles. The van der Waals surface area contributed by atoms with Crippen LogP contribution in [-0.2, 0) is 16.0 Å². The molecule has 1 aromatic carbocycles. The van der Waals surface area contributed by atoms with Crippen molar-refractivity contribution < 1.29 is 14.7 Å². The number of aromatic nitrogens is 1. The molecule has 1 unspecified atom stereocenters. The topological polar surface area (TPSA) is 70.5 Å². The van der Waals surface area contributed by atoms with E-state index in [4.69, 9.17) is 16.7 Å². The first-order chi connectivity index (χ1) is 12.0. The third-order valence-electron chi connectivity index (χ3n) is 4.19. The molecule has 1 aliphatic rings. The Labute approximate surface area is 155 Å². The van der Waals surface area contributed by atoms with E-state index in [1.807, 2.05) is 29.6 Å². The van der Waals surface area contributed by atoms with E-state index in [-0.39, 0.29) is 24.9 Å². The number of benzene rings is 1. The first-order valence-electron chi connectivity index (χ1n) is 8.17. The van der Waals surface area contributed by atoms with Crippen LogP contribution in [0.15, 0.2) is 29.6 Å². The van der Waals surface area contributed by atoms with Gasteiger partial charge in [-0.05, 0) is 18.9 Å². The van der Waals surface area contributed by atoms with Crippen molar-refractivity contribution in [2.75, 3.05) is 6.54 Å². The molecule has 0 radical (unpaired) electrons. The number of nitrogens with zero attached hydrogens (tertiary/aromatic N) is 2. The molecular weight excluding hydrogens is 360 g/mol. The molecule has 1 aromatic heterocycles. The molecule has 0 bridgehead atoms. The molecule has 1 amide bonds. The van der Waals surface area contributed by atoms with Crippen molar-refractivity contribution in [3.63, 3.8) is 0 Å². The Kier molecular flexibility index (Phi) is 5.39. The van der Waals surface area contributed by atoms with Gasteiger partial charge in [0, 0.05) is 23.5 Å². The van der Waals surface area contributed by atoms with Crippen molar-refractivity contribution in [2.24, 2.45) is 5.92 Å². The fourth-order valence-corrected chi connectivity index (χ4v) is 3.76. The van der Waals surface area contributed by atoms with Crippen molar-refractivity contribution in [2.45, 2.75) is 32.2 Å². The molecule has 1 heterocycles. The van der Waals surface area contributed by atoms with Crippen LogP contribution >= 0.6 is 22.9 Å². The first kappa shape index (κ1) is 17.9. The lowest BCUT2D eigenvalue weighted by molar-refractivity contribution is -0.143. The molecule has 1 N–H and O–H groups in total. The summed E-state index contributed by atoms with van der Waals surface area (Å²) in [5, 5.41) is 12.4. The second-order valence-electron chi connectivity index (χ2n) is 6.32.